The van der Waals surface area contributed by atoms with Gasteiger partial charge in [-0.2, -0.15) is 0 Å². The van der Waals surface area contributed by atoms with Crippen molar-refractivity contribution in [3.8, 4) is 0 Å². The summed E-state index contributed by atoms with van der Waals surface area (Å²) in [6.45, 7) is 3.63. The maximum Gasteiger partial charge on any atom is 1.00 e. The monoisotopic (exact) mass is 233 g/mol. The fourth-order valence-corrected chi connectivity index (χ4v) is 3.06. The quantitative estimate of drug-likeness (QED) is 0.425. The Balaban J connectivity index is 0.00000225. The molecule has 16 heavy (non-hydrogen) atoms. The second-order valence-electron chi connectivity index (χ2n) is 3.21. The first-order chi connectivity index (χ1) is 7.03. The van der Waals surface area contributed by atoms with Crippen LogP contribution in [0.1, 0.15) is 24.2 Å². The molecule has 0 unspecified atom stereocenters. The molecule has 82 valence electrons. The normalized spacial score (nSPS) is 10.6. The van der Waals surface area contributed by atoms with Crippen LogP contribution in [-0.2, 0) is 4.57 Å². The van der Waals surface area contributed by atoms with E-state index in [-0.39, 0.29) is 24.4 Å². The van der Waals surface area contributed by atoms with Gasteiger partial charge in [0.25, 0.3) is 0 Å². The van der Waals surface area contributed by atoms with Crippen LogP contribution in [0, 0.1) is 0 Å². The predicted molar refractivity (Wildman–Crippen MR) is 56.9 cm³/mol. The number of nitrogens with zero attached hydrogens (tertiary/aromatic N) is 1. The first-order valence-corrected chi connectivity index (χ1v) is 6.87. The number of hydrogen-bond donors (Lipinski definition) is 0. The van der Waals surface area contributed by atoms with Crippen LogP contribution in [-0.4, -0.2) is 23.3 Å². The van der Waals surface area contributed by atoms with E-state index in [0.717, 1.165) is 0 Å². The predicted octanol–water partition coefficient (Wildman–Crippen LogP) is -2.52. The van der Waals surface area contributed by atoms with Crippen LogP contribution in [0.25, 0.3) is 0 Å². The van der Waals surface area contributed by atoms with Crippen molar-refractivity contribution in [1.29, 1.82) is 0 Å². The van der Waals surface area contributed by atoms with Crippen LogP contribution >= 0.6 is 7.14 Å². The first-order valence-electron chi connectivity index (χ1n) is 4.79. The fourth-order valence-electron chi connectivity index (χ4n) is 1.32. The number of rotatable bonds is 4. The minimum absolute atomic E-state index is 0. The summed E-state index contributed by atoms with van der Waals surface area (Å²) in [4.78, 5) is 14.6. The topological polar surface area (TPSA) is 70.1 Å². The number of pyridine rings is 1. The van der Waals surface area contributed by atoms with Crippen LogP contribution in [0.4, 0.5) is 0 Å². The van der Waals surface area contributed by atoms with Gasteiger partial charge in [-0.3, -0.25) is 4.98 Å². The zero-order chi connectivity index (χ0) is 11.5. The van der Waals surface area contributed by atoms with Gasteiger partial charge >= 0.3 is 18.9 Å². The maximum absolute atomic E-state index is 12.3. The third-order valence-corrected chi connectivity index (χ3v) is 5.54. The number of aromatic nitrogens is 1. The third kappa shape index (κ3) is 3.22. The first kappa shape index (κ1) is 15.4. The van der Waals surface area contributed by atoms with Gasteiger partial charge in [-0.1, -0.05) is 13.8 Å². The summed E-state index contributed by atoms with van der Waals surface area (Å²) in [6.07, 6.45) is 2.35. The molecule has 6 heteroatoms. The average molecular weight is 233 g/mol. The van der Waals surface area contributed by atoms with E-state index in [4.69, 9.17) is 0 Å². The second kappa shape index (κ2) is 6.25. The van der Waals surface area contributed by atoms with Gasteiger partial charge in [0.2, 0.25) is 0 Å². The van der Waals surface area contributed by atoms with Crippen molar-refractivity contribution in [2.45, 2.75) is 13.8 Å². The summed E-state index contributed by atoms with van der Waals surface area (Å²) in [5.74, 6) is -1.27. The van der Waals surface area contributed by atoms with E-state index in [0.29, 0.717) is 17.8 Å². The number of carbonyl (C=O) groups is 1. The average Bonchev–Trinajstić information content (AvgIpc) is 2.28. The van der Waals surface area contributed by atoms with Gasteiger partial charge in [0.1, 0.15) is 12.6 Å². The molecule has 1 rings (SSSR count). The molecule has 0 spiro atoms. The van der Waals surface area contributed by atoms with E-state index in [1.165, 1.54) is 18.3 Å². The van der Waals surface area contributed by atoms with Gasteiger partial charge < -0.3 is 14.5 Å². The molecule has 0 atom stereocenters. The Hall–Kier alpha value is -0.553. The van der Waals surface area contributed by atoms with E-state index in [2.05, 4.69) is 4.98 Å². The number of carbonyl (C=O) groups excluding carboxylic acids is 1. The minimum atomic E-state index is -2.50. The molecule has 0 saturated carbocycles. The molecule has 1 aromatic heterocycles. The zero-order valence-corrected chi connectivity index (χ0v) is 10.7. The van der Waals surface area contributed by atoms with Gasteiger partial charge in [0, 0.05) is 24.1 Å². The SMILES string of the molecule is CCP(=O)(CC)c1cc(C(=O)[O-])ccn1.[Li+]. The molecular formula is C10H13LiNO3P. The Labute approximate surface area is 107 Å². The van der Waals surface area contributed by atoms with E-state index in [9.17, 15) is 14.5 Å². The van der Waals surface area contributed by atoms with Crippen molar-refractivity contribution in [2.24, 2.45) is 0 Å². The van der Waals surface area contributed by atoms with Crippen LogP contribution in [0.5, 0.6) is 0 Å². The van der Waals surface area contributed by atoms with Crippen LogP contribution < -0.4 is 29.4 Å². The fraction of sp³-hybridized carbons (Fsp3) is 0.400. The Kier molecular flexibility index (Phi) is 6.03. The van der Waals surface area contributed by atoms with Crippen molar-refractivity contribution >= 4 is 18.5 Å². The van der Waals surface area contributed by atoms with Crippen LogP contribution in [0.15, 0.2) is 18.3 Å². The van der Waals surface area contributed by atoms with Crippen molar-refractivity contribution < 1.29 is 33.3 Å². The van der Waals surface area contributed by atoms with Crippen molar-refractivity contribution in [3.63, 3.8) is 0 Å². The molecule has 0 aromatic carbocycles. The van der Waals surface area contributed by atoms with E-state index in [1.54, 1.807) is 0 Å². The molecule has 1 aromatic rings. The number of carboxylic acid groups (broad SMARTS) is 1. The third-order valence-electron chi connectivity index (χ3n) is 2.42. The molecule has 4 nitrogen and oxygen atoms in total. The molecule has 1 heterocycles. The van der Waals surface area contributed by atoms with E-state index < -0.39 is 13.1 Å². The van der Waals surface area contributed by atoms with Gasteiger partial charge in [0.15, 0.2) is 0 Å². The Bertz CT molecular complexity index is 414. The van der Waals surface area contributed by atoms with Crippen molar-refractivity contribution in [1.82, 2.24) is 4.98 Å². The Morgan fingerprint density at radius 1 is 1.44 bits per heavy atom. The molecule has 0 radical (unpaired) electrons. The van der Waals surface area contributed by atoms with E-state index in [1.807, 2.05) is 13.8 Å². The number of hydrogen-bond acceptors (Lipinski definition) is 4. The Morgan fingerprint density at radius 3 is 2.44 bits per heavy atom. The van der Waals surface area contributed by atoms with Gasteiger partial charge in [-0.15, -0.1) is 0 Å². The molecule has 0 aliphatic carbocycles. The van der Waals surface area contributed by atoms with Gasteiger partial charge in [0.05, 0.1) is 5.97 Å². The van der Waals surface area contributed by atoms with Crippen molar-refractivity contribution in [3.05, 3.63) is 23.9 Å². The molecule has 0 amide bonds. The summed E-state index contributed by atoms with van der Waals surface area (Å²) in [5.41, 5.74) is 0.413. The summed E-state index contributed by atoms with van der Waals surface area (Å²) < 4.78 is 12.3. The smallest absolute Gasteiger partial charge is 0.545 e. The molecule has 0 N–H and O–H groups in total. The maximum atomic E-state index is 12.3. The minimum Gasteiger partial charge on any atom is -0.545 e. The van der Waals surface area contributed by atoms with Gasteiger partial charge in [-0.25, -0.2) is 0 Å². The standard InChI is InChI=1S/C10H14NO3P.Li/c1-3-15(14,4-2)9-7-8(10(12)13)5-6-11-9;/h5-7H,3-4H2,1-2H3,(H,12,13);/q;+1/p-1. The van der Waals surface area contributed by atoms with Gasteiger partial charge in [-0.05, 0) is 12.1 Å². The summed E-state index contributed by atoms with van der Waals surface area (Å²) in [6, 6.07) is 2.69. The zero-order valence-electron chi connectivity index (χ0n) is 9.77. The van der Waals surface area contributed by atoms with E-state index >= 15 is 0 Å². The summed E-state index contributed by atoms with van der Waals surface area (Å²) >= 11 is 0. The number of carboxylic acids is 1. The summed E-state index contributed by atoms with van der Waals surface area (Å²) in [7, 11) is -2.50. The van der Waals surface area contributed by atoms with Crippen LogP contribution in [0.3, 0.4) is 0 Å². The summed E-state index contributed by atoms with van der Waals surface area (Å²) in [5, 5.41) is 10.6. The molecule has 0 fully saturated rings. The second-order valence-corrected chi connectivity index (χ2v) is 6.71. The van der Waals surface area contributed by atoms with Crippen molar-refractivity contribution in [2.75, 3.05) is 12.3 Å². The largest absolute Gasteiger partial charge is 1.00 e. The van der Waals surface area contributed by atoms with Crippen LogP contribution in [0.2, 0.25) is 0 Å². The molecule has 0 aliphatic rings. The molecule has 0 bridgehead atoms. The Morgan fingerprint density at radius 2 is 2.00 bits per heavy atom. The molecular weight excluding hydrogens is 220 g/mol. The number of aromatic carboxylic acids is 1. The molecule has 0 aliphatic heterocycles. The molecule has 0 saturated heterocycles.